The van der Waals surface area contributed by atoms with Crippen LogP contribution in [0.25, 0.3) is 0 Å². The van der Waals surface area contributed by atoms with Gasteiger partial charge in [-0.15, -0.1) is 0 Å². The van der Waals surface area contributed by atoms with Gasteiger partial charge in [-0.3, -0.25) is 9.69 Å². The molecule has 1 atom stereocenters. The molecular formula is C21H30N4O2. The van der Waals surface area contributed by atoms with Gasteiger partial charge in [0.1, 0.15) is 0 Å². The topological polar surface area (TPSA) is 55.9 Å². The highest BCUT2D eigenvalue weighted by atomic mass is 16.2. The van der Waals surface area contributed by atoms with Crippen LogP contribution < -0.4 is 5.32 Å². The van der Waals surface area contributed by atoms with Gasteiger partial charge in [0, 0.05) is 50.0 Å². The molecule has 3 saturated heterocycles. The summed E-state index contributed by atoms with van der Waals surface area (Å²) in [7, 11) is 0. The molecule has 3 fully saturated rings. The second-order valence-corrected chi connectivity index (χ2v) is 8.26. The molecule has 3 aliphatic heterocycles. The number of likely N-dealkylation sites (tertiary alicyclic amines) is 1. The first kappa shape index (κ1) is 18.3. The number of piperazine rings is 1. The van der Waals surface area contributed by atoms with Crippen LogP contribution in [-0.2, 0) is 0 Å². The van der Waals surface area contributed by atoms with Gasteiger partial charge in [-0.05, 0) is 56.3 Å². The summed E-state index contributed by atoms with van der Waals surface area (Å²) < 4.78 is 0. The fourth-order valence-corrected chi connectivity index (χ4v) is 4.50. The van der Waals surface area contributed by atoms with Crippen molar-refractivity contribution in [2.75, 3.05) is 44.6 Å². The van der Waals surface area contributed by atoms with Crippen LogP contribution in [0, 0.1) is 5.92 Å². The van der Waals surface area contributed by atoms with Crippen molar-refractivity contribution in [2.24, 2.45) is 5.92 Å². The van der Waals surface area contributed by atoms with Crippen LogP contribution in [0.5, 0.6) is 0 Å². The molecule has 6 nitrogen and oxygen atoms in total. The van der Waals surface area contributed by atoms with Crippen molar-refractivity contribution in [2.45, 2.75) is 38.6 Å². The highest BCUT2D eigenvalue weighted by Crippen LogP contribution is 2.23. The molecule has 1 aromatic rings. The lowest BCUT2D eigenvalue weighted by atomic mass is 9.98. The maximum Gasteiger partial charge on any atom is 0.321 e. The van der Waals surface area contributed by atoms with Gasteiger partial charge in [-0.1, -0.05) is 13.0 Å². The van der Waals surface area contributed by atoms with E-state index in [4.69, 9.17) is 0 Å². The number of piperidine rings is 1. The van der Waals surface area contributed by atoms with Crippen LogP contribution in [0.4, 0.5) is 10.5 Å². The second-order valence-electron chi connectivity index (χ2n) is 8.26. The van der Waals surface area contributed by atoms with Gasteiger partial charge in [0.05, 0.1) is 0 Å². The third-order valence-electron chi connectivity index (χ3n) is 6.31. The molecule has 3 aliphatic rings. The van der Waals surface area contributed by atoms with E-state index >= 15 is 0 Å². The van der Waals surface area contributed by atoms with Gasteiger partial charge in [-0.2, -0.15) is 0 Å². The van der Waals surface area contributed by atoms with E-state index in [0.29, 0.717) is 23.2 Å². The second kappa shape index (κ2) is 7.89. The minimum Gasteiger partial charge on any atom is -0.339 e. The number of amides is 3. The highest BCUT2D eigenvalue weighted by molar-refractivity contribution is 5.97. The number of nitrogens with one attached hydrogen (secondary N) is 1. The number of benzene rings is 1. The Balaban J connectivity index is 1.37. The third kappa shape index (κ3) is 4.10. The zero-order chi connectivity index (χ0) is 18.8. The fraction of sp³-hybridized carbons (Fsp3) is 0.619. The summed E-state index contributed by atoms with van der Waals surface area (Å²) in [5.74, 6) is 0.762. The van der Waals surface area contributed by atoms with Crippen LogP contribution in [0.2, 0.25) is 0 Å². The molecule has 146 valence electrons. The Morgan fingerprint density at radius 3 is 2.63 bits per heavy atom. The van der Waals surface area contributed by atoms with E-state index in [1.807, 2.05) is 34.1 Å². The SMILES string of the molecule is CC1CCN(C(=O)c2cccc(NC(=O)N3CCN4CCCC4C3)c2)CC1. The minimum absolute atomic E-state index is 0.0575. The summed E-state index contributed by atoms with van der Waals surface area (Å²) in [6.07, 6.45) is 4.55. The Morgan fingerprint density at radius 2 is 1.81 bits per heavy atom. The molecule has 0 aliphatic carbocycles. The van der Waals surface area contributed by atoms with Crippen molar-refractivity contribution in [3.05, 3.63) is 29.8 Å². The van der Waals surface area contributed by atoms with Crippen LogP contribution in [0.3, 0.4) is 0 Å². The van der Waals surface area contributed by atoms with E-state index in [1.54, 1.807) is 0 Å². The van der Waals surface area contributed by atoms with Crippen molar-refractivity contribution in [1.82, 2.24) is 14.7 Å². The Labute approximate surface area is 161 Å². The van der Waals surface area contributed by atoms with E-state index in [2.05, 4.69) is 17.1 Å². The quantitative estimate of drug-likeness (QED) is 0.871. The summed E-state index contributed by atoms with van der Waals surface area (Å²) >= 11 is 0. The largest absolute Gasteiger partial charge is 0.339 e. The number of hydrogen-bond donors (Lipinski definition) is 1. The van der Waals surface area contributed by atoms with Crippen molar-refractivity contribution >= 4 is 17.6 Å². The molecule has 0 bridgehead atoms. The van der Waals surface area contributed by atoms with Gasteiger partial charge < -0.3 is 15.1 Å². The molecule has 0 aromatic heterocycles. The lowest BCUT2D eigenvalue weighted by molar-refractivity contribution is 0.0697. The summed E-state index contributed by atoms with van der Waals surface area (Å²) in [6.45, 7) is 7.58. The highest BCUT2D eigenvalue weighted by Gasteiger charge is 2.32. The Kier molecular flexibility index (Phi) is 5.34. The average molecular weight is 370 g/mol. The van der Waals surface area contributed by atoms with Gasteiger partial charge in [0.15, 0.2) is 0 Å². The predicted molar refractivity (Wildman–Crippen MR) is 106 cm³/mol. The predicted octanol–water partition coefficient (Wildman–Crippen LogP) is 2.87. The van der Waals surface area contributed by atoms with Crippen molar-refractivity contribution in [1.29, 1.82) is 0 Å². The number of anilines is 1. The van der Waals surface area contributed by atoms with Gasteiger partial charge in [0.25, 0.3) is 5.91 Å². The van der Waals surface area contributed by atoms with E-state index in [-0.39, 0.29) is 11.9 Å². The van der Waals surface area contributed by atoms with E-state index in [9.17, 15) is 9.59 Å². The number of urea groups is 1. The average Bonchev–Trinajstić information content (AvgIpc) is 3.16. The van der Waals surface area contributed by atoms with Gasteiger partial charge >= 0.3 is 6.03 Å². The number of hydrogen-bond acceptors (Lipinski definition) is 3. The minimum atomic E-state index is -0.0575. The molecule has 1 unspecified atom stereocenters. The monoisotopic (exact) mass is 370 g/mol. The van der Waals surface area contributed by atoms with Crippen LogP contribution in [0.15, 0.2) is 24.3 Å². The first-order valence-electron chi connectivity index (χ1n) is 10.3. The first-order chi connectivity index (χ1) is 13.1. The summed E-state index contributed by atoms with van der Waals surface area (Å²) in [6, 6.07) is 7.82. The molecule has 0 saturated carbocycles. The number of nitrogens with zero attached hydrogens (tertiary/aromatic N) is 3. The third-order valence-corrected chi connectivity index (χ3v) is 6.31. The summed E-state index contributed by atoms with van der Waals surface area (Å²) in [5, 5.41) is 2.99. The summed E-state index contributed by atoms with van der Waals surface area (Å²) in [5.41, 5.74) is 1.35. The molecule has 1 aromatic carbocycles. The number of rotatable bonds is 2. The Hall–Kier alpha value is -2.08. The fourth-order valence-electron chi connectivity index (χ4n) is 4.50. The van der Waals surface area contributed by atoms with Crippen molar-refractivity contribution in [3.8, 4) is 0 Å². The molecule has 6 heteroatoms. The molecule has 27 heavy (non-hydrogen) atoms. The lowest BCUT2D eigenvalue weighted by Crippen LogP contribution is -2.53. The van der Waals surface area contributed by atoms with Crippen molar-refractivity contribution in [3.63, 3.8) is 0 Å². The number of carbonyl (C=O) groups excluding carboxylic acids is 2. The maximum absolute atomic E-state index is 12.8. The van der Waals surface area contributed by atoms with Crippen LogP contribution in [0.1, 0.15) is 43.0 Å². The maximum atomic E-state index is 12.8. The van der Waals surface area contributed by atoms with E-state index < -0.39 is 0 Å². The van der Waals surface area contributed by atoms with Crippen LogP contribution in [-0.4, -0.2) is 71.9 Å². The van der Waals surface area contributed by atoms with Gasteiger partial charge in [0.2, 0.25) is 0 Å². The number of carbonyl (C=O) groups is 2. The molecule has 3 amide bonds. The van der Waals surface area contributed by atoms with Crippen molar-refractivity contribution < 1.29 is 9.59 Å². The molecule has 0 spiro atoms. The molecule has 4 rings (SSSR count). The zero-order valence-electron chi connectivity index (χ0n) is 16.2. The summed E-state index contributed by atoms with van der Waals surface area (Å²) in [4.78, 5) is 31.8. The van der Waals surface area contributed by atoms with E-state index in [0.717, 1.165) is 45.6 Å². The molecule has 3 heterocycles. The lowest BCUT2D eigenvalue weighted by Gasteiger charge is -2.37. The molecule has 0 radical (unpaired) electrons. The zero-order valence-corrected chi connectivity index (χ0v) is 16.2. The smallest absolute Gasteiger partial charge is 0.321 e. The number of fused-ring (bicyclic) bond motifs is 1. The molecule has 1 N–H and O–H groups in total. The normalized spacial score (nSPS) is 24.0. The standard InChI is InChI=1S/C21H30N4O2/c1-16-7-10-24(11-8-16)20(26)17-4-2-5-18(14-17)22-21(27)25-13-12-23-9-3-6-19(23)15-25/h2,4-5,14,16,19H,3,6-13,15H2,1H3,(H,22,27). The van der Waals surface area contributed by atoms with Gasteiger partial charge in [-0.25, -0.2) is 4.79 Å². The van der Waals surface area contributed by atoms with E-state index in [1.165, 1.54) is 19.4 Å². The van der Waals surface area contributed by atoms with Crippen LogP contribution >= 0.6 is 0 Å². The Bertz CT molecular complexity index is 699. The Morgan fingerprint density at radius 1 is 1.00 bits per heavy atom. The first-order valence-corrected chi connectivity index (χ1v) is 10.3. The molecular weight excluding hydrogens is 340 g/mol.